The Kier molecular flexibility index (Phi) is 11.5. The molecule has 0 spiro atoms. The number of nitrogens with one attached hydrogen (secondary N) is 1. The average molecular weight is 456 g/mol. The number of alkyl halides is 3. The zero-order valence-electron chi connectivity index (χ0n) is 19.8. The second-order valence-corrected chi connectivity index (χ2v) is 8.95. The summed E-state index contributed by atoms with van der Waals surface area (Å²) >= 11 is 0. The molecule has 0 bridgehead atoms. The third kappa shape index (κ3) is 9.90. The predicted octanol–water partition coefficient (Wildman–Crippen LogP) is 6.37. The van der Waals surface area contributed by atoms with E-state index in [4.69, 9.17) is 4.74 Å². The van der Waals surface area contributed by atoms with E-state index < -0.39 is 18.1 Å². The van der Waals surface area contributed by atoms with Crippen molar-refractivity contribution >= 4 is 6.21 Å². The van der Waals surface area contributed by atoms with E-state index in [0.29, 0.717) is 12.8 Å². The van der Waals surface area contributed by atoms with Gasteiger partial charge in [0.1, 0.15) is 0 Å². The van der Waals surface area contributed by atoms with E-state index in [0.717, 1.165) is 49.5 Å². The van der Waals surface area contributed by atoms with Crippen molar-refractivity contribution in [2.24, 2.45) is 10.9 Å². The van der Waals surface area contributed by atoms with E-state index in [1.165, 1.54) is 39.2 Å². The largest absolute Gasteiger partial charge is 0.416 e. The van der Waals surface area contributed by atoms with Crippen LogP contribution in [0.15, 0.2) is 40.6 Å². The van der Waals surface area contributed by atoms with E-state index in [1.54, 1.807) is 12.3 Å². The number of aliphatic imine (C=N–C) groups is 1. The van der Waals surface area contributed by atoms with E-state index in [2.05, 4.69) is 29.2 Å². The molecule has 0 aromatic carbocycles. The fourth-order valence-corrected chi connectivity index (χ4v) is 4.34. The maximum atomic E-state index is 12.8. The highest BCUT2D eigenvalue weighted by molar-refractivity contribution is 5.62. The Morgan fingerprint density at radius 2 is 2.06 bits per heavy atom. The van der Waals surface area contributed by atoms with Crippen LogP contribution in [-0.2, 0) is 4.74 Å². The third-order valence-corrected chi connectivity index (χ3v) is 6.15. The smallest absolute Gasteiger partial charge is 0.348 e. The molecule has 1 aliphatic carbocycles. The Morgan fingerprint density at radius 3 is 2.72 bits per heavy atom. The Labute approximate surface area is 191 Å². The van der Waals surface area contributed by atoms with Crippen LogP contribution in [0.1, 0.15) is 71.6 Å². The van der Waals surface area contributed by atoms with Gasteiger partial charge in [0.2, 0.25) is 6.35 Å². The van der Waals surface area contributed by atoms with Gasteiger partial charge in [0.05, 0.1) is 11.7 Å². The molecule has 1 N–H and O–H groups in total. The summed E-state index contributed by atoms with van der Waals surface area (Å²) in [4.78, 5) is 6.89. The van der Waals surface area contributed by atoms with Crippen molar-refractivity contribution in [2.45, 2.75) is 90.3 Å². The van der Waals surface area contributed by atoms with Crippen molar-refractivity contribution in [1.29, 1.82) is 0 Å². The van der Waals surface area contributed by atoms with Crippen LogP contribution in [0, 0.1) is 5.92 Å². The molecule has 2 atom stereocenters. The van der Waals surface area contributed by atoms with Crippen LogP contribution >= 0.6 is 0 Å². The number of hydrogen-bond donors (Lipinski definition) is 1. The minimum Gasteiger partial charge on any atom is -0.348 e. The first-order chi connectivity index (χ1) is 15.3. The predicted molar refractivity (Wildman–Crippen MR) is 126 cm³/mol. The minimum absolute atomic E-state index is 0.125. The molecule has 4 nitrogen and oxygen atoms in total. The average Bonchev–Trinajstić information content (AvgIpc) is 3.14. The van der Waals surface area contributed by atoms with Gasteiger partial charge in [0.25, 0.3) is 0 Å². The van der Waals surface area contributed by atoms with Crippen LogP contribution in [0.3, 0.4) is 0 Å². The molecule has 2 unspecified atom stereocenters. The van der Waals surface area contributed by atoms with Gasteiger partial charge >= 0.3 is 6.18 Å². The lowest BCUT2D eigenvalue weighted by atomic mass is 10.1. The summed E-state index contributed by atoms with van der Waals surface area (Å²) in [6.07, 6.45) is 12.2. The van der Waals surface area contributed by atoms with E-state index in [9.17, 15) is 13.2 Å². The van der Waals surface area contributed by atoms with Crippen molar-refractivity contribution in [1.82, 2.24) is 10.2 Å². The summed E-state index contributed by atoms with van der Waals surface area (Å²) in [5, 5.41) is 3.18. The molecule has 32 heavy (non-hydrogen) atoms. The topological polar surface area (TPSA) is 36.9 Å². The number of nitrogens with zero attached hydrogens (tertiary/aromatic N) is 2. The number of ether oxygens (including phenoxy) is 1. The molecule has 1 heterocycles. The molecule has 0 aromatic rings. The van der Waals surface area contributed by atoms with Crippen molar-refractivity contribution in [2.75, 3.05) is 20.1 Å². The number of rotatable bonds is 12. The van der Waals surface area contributed by atoms with Gasteiger partial charge in [-0.2, -0.15) is 13.2 Å². The standard InChI is InChI=1S/C25H40F3N3O/c1-4-9-23(15-17-31(3)19-21-10-6-7-11-21)32-24-29-16-14-20(18-30-24)12-8-13-22(5-2)25(26,27)28/h5,8,13,16,18,21,23-24,30H,4,6-7,9-12,14-15,17,19H2,1-3H3/b13-8-,22-5+. The van der Waals surface area contributed by atoms with Gasteiger partial charge in [0, 0.05) is 31.9 Å². The van der Waals surface area contributed by atoms with E-state index >= 15 is 0 Å². The summed E-state index contributed by atoms with van der Waals surface area (Å²) in [5.74, 6) is 0.844. The van der Waals surface area contributed by atoms with E-state index in [1.807, 2.05) is 6.20 Å². The first kappa shape index (κ1) is 26.7. The highest BCUT2D eigenvalue weighted by atomic mass is 19.4. The summed E-state index contributed by atoms with van der Waals surface area (Å²) in [6, 6.07) is 0. The van der Waals surface area contributed by atoms with Gasteiger partial charge in [-0.25, -0.2) is 4.99 Å². The Hall–Kier alpha value is -1.60. The SMILES string of the molecule is C/C=C(\C=C/CC1=CNC(OC(CCC)CCN(C)CC2CCCC2)N=CC1)C(F)(F)F. The molecule has 0 aromatic heterocycles. The molecule has 0 radical (unpaired) electrons. The van der Waals surface area contributed by atoms with E-state index in [-0.39, 0.29) is 6.10 Å². The minimum atomic E-state index is -4.32. The fourth-order valence-electron chi connectivity index (χ4n) is 4.34. The molecular weight excluding hydrogens is 415 g/mol. The molecule has 0 saturated heterocycles. The Balaban J connectivity index is 1.81. The maximum Gasteiger partial charge on any atom is 0.416 e. The van der Waals surface area contributed by atoms with Crippen molar-refractivity contribution < 1.29 is 17.9 Å². The number of allylic oxidation sites excluding steroid dienone is 5. The van der Waals surface area contributed by atoms with Crippen LogP contribution in [0.5, 0.6) is 0 Å². The van der Waals surface area contributed by atoms with Crippen LogP contribution in [-0.4, -0.2) is 49.9 Å². The van der Waals surface area contributed by atoms with Gasteiger partial charge < -0.3 is 15.0 Å². The molecular formula is C25H40F3N3O. The molecule has 1 aliphatic heterocycles. The summed E-state index contributed by atoms with van der Waals surface area (Å²) < 4.78 is 44.7. The molecule has 0 amide bonds. The molecule has 2 aliphatic rings. The second-order valence-electron chi connectivity index (χ2n) is 8.95. The van der Waals surface area contributed by atoms with Gasteiger partial charge in [-0.3, -0.25) is 0 Å². The highest BCUT2D eigenvalue weighted by Gasteiger charge is 2.30. The maximum absolute atomic E-state index is 12.8. The summed E-state index contributed by atoms with van der Waals surface area (Å²) in [5.41, 5.74) is 0.340. The number of halogens is 3. The van der Waals surface area contributed by atoms with Crippen LogP contribution in [0.25, 0.3) is 0 Å². The summed E-state index contributed by atoms with van der Waals surface area (Å²) in [6.45, 7) is 5.73. The Bertz CT molecular complexity index is 664. The molecule has 1 fully saturated rings. The molecule has 182 valence electrons. The molecule has 7 heteroatoms. The lowest BCUT2D eigenvalue weighted by Gasteiger charge is -2.26. The van der Waals surface area contributed by atoms with Crippen LogP contribution in [0.4, 0.5) is 13.2 Å². The van der Waals surface area contributed by atoms with Gasteiger partial charge in [-0.15, -0.1) is 0 Å². The van der Waals surface area contributed by atoms with Crippen molar-refractivity contribution in [3.05, 3.63) is 35.6 Å². The zero-order valence-corrected chi connectivity index (χ0v) is 19.8. The Morgan fingerprint density at radius 1 is 1.31 bits per heavy atom. The zero-order chi connectivity index (χ0) is 23.4. The van der Waals surface area contributed by atoms with Gasteiger partial charge in [0.15, 0.2) is 0 Å². The molecule has 2 rings (SSSR count). The lowest BCUT2D eigenvalue weighted by Crippen LogP contribution is -2.33. The van der Waals surface area contributed by atoms with Crippen LogP contribution in [0.2, 0.25) is 0 Å². The van der Waals surface area contributed by atoms with Crippen molar-refractivity contribution in [3.63, 3.8) is 0 Å². The fraction of sp³-hybridized carbons (Fsp3) is 0.720. The first-order valence-corrected chi connectivity index (χ1v) is 12.0. The normalized spacial score (nSPS) is 21.8. The lowest BCUT2D eigenvalue weighted by molar-refractivity contribution is -0.0883. The first-order valence-electron chi connectivity index (χ1n) is 12.0. The third-order valence-electron chi connectivity index (χ3n) is 6.15. The van der Waals surface area contributed by atoms with Gasteiger partial charge in [-0.1, -0.05) is 44.4 Å². The number of hydrogen-bond acceptors (Lipinski definition) is 4. The quantitative estimate of drug-likeness (QED) is 0.347. The van der Waals surface area contributed by atoms with Gasteiger partial charge in [-0.05, 0) is 57.6 Å². The van der Waals surface area contributed by atoms with Crippen molar-refractivity contribution in [3.8, 4) is 0 Å². The summed E-state index contributed by atoms with van der Waals surface area (Å²) in [7, 11) is 2.20. The highest BCUT2D eigenvalue weighted by Crippen LogP contribution is 2.27. The molecule has 1 saturated carbocycles. The monoisotopic (exact) mass is 455 g/mol. The second kappa shape index (κ2) is 13.8. The van der Waals surface area contributed by atoms with Crippen LogP contribution < -0.4 is 5.32 Å².